The highest BCUT2D eigenvalue weighted by molar-refractivity contribution is 4.87. The van der Waals surface area contributed by atoms with E-state index in [0.29, 0.717) is 11.8 Å². The molecular weight excluding hydrogens is 255 g/mol. The molecule has 0 aliphatic heterocycles. The van der Waals surface area contributed by atoms with Gasteiger partial charge in [0.15, 0.2) is 6.10 Å². The molecule has 0 spiro atoms. The van der Waals surface area contributed by atoms with Gasteiger partial charge >= 0.3 is 6.18 Å². The predicted octanol–water partition coefficient (Wildman–Crippen LogP) is 3.76. The molecule has 1 N–H and O–H groups in total. The second-order valence-electron chi connectivity index (χ2n) is 5.84. The largest absolute Gasteiger partial charge is 0.414 e. The van der Waals surface area contributed by atoms with Crippen molar-refractivity contribution in [1.29, 1.82) is 0 Å². The van der Waals surface area contributed by atoms with Crippen molar-refractivity contribution in [2.24, 2.45) is 11.8 Å². The maximum Gasteiger partial charge on any atom is 0.414 e. The standard InChI is InChI=1S/C14H26F3NO/c1-5-18-12-7-6-11(9(2)3)8-13(12)19-10(4)14(15,16)17/h9-13,18H,5-8H2,1-4H3. The minimum Gasteiger partial charge on any atom is -0.364 e. The number of halogens is 3. The lowest BCUT2D eigenvalue weighted by atomic mass is 9.78. The number of alkyl halides is 3. The van der Waals surface area contributed by atoms with Crippen LogP contribution in [-0.2, 0) is 4.74 Å². The van der Waals surface area contributed by atoms with E-state index in [1.54, 1.807) is 0 Å². The highest BCUT2D eigenvalue weighted by Gasteiger charge is 2.41. The average molecular weight is 281 g/mol. The summed E-state index contributed by atoms with van der Waals surface area (Å²) in [6, 6.07) is 0.0461. The van der Waals surface area contributed by atoms with Crippen molar-refractivity contribution in [2.45, 2.75) is 71.4 Å². The molecule has 0 aromatic rings. The van der Waals surface area contributed by atoms with Crippen LogP contribution in [-0.4, -0.2) is 31.0 Å². The summed E-state index contributed by atoms with van der Waals surface area (Å²) in [6.45, 7) is 8.09. The molecule has 1 aliphatic rings. The van der Waals surface area contributed by atoms with Gasteiger partial charge in [-0.2, -0.15) is 13.2 Å². The van der Waals surface area contributed by atoms with Gasteiger partial charge in [-0.25, -0.2) is 0 Å². The zero-order chi connectivity index (χ0) is 14.6. The first-order valence-electron chi connectivity index (χ1n) is 7.21. The zero-order valence-electron chi connectivity index (χ0n) is 12.3. The summed E-state index contributed by atoms with van der Waals surface area (Å²) >= 11 is 0. The van der Waals surface area contributed by atoms with Gasteiger partial charge < -0.3 is 10.1 Å². The van der Waals surface area contributed by atoms with Crippen molar-refractivity contribution in [2.75, 3.05) is 6.54 Å². The van der Waals surface area contributed by atoms with E-state index in [9.17, 15) is 13.2 Å². The normalized spacial score (nSPS) is 30.6. The van der Waals surface area contributed by atoms with Gasteiger partial charge in [0.2, 0.25) is 0 Å². The van der Waals surface area contributed by atoms with Gasteiger partial charge in [0.25, 0.3) is 0 Å². The fourth-order valence-corrected chi connectivity index (χ4v) is 2.75. The summed E-state index contributed by atoms with van der Waals surface area (Å²) < 4.78 is 43.2. The lowest BCUT2D eigenvalue weighted by Crippen LogP contribution is -2.49. The van der Waals surface area contributed by atoms with Crippen LogP contribution in [0, 0.1) is 11.8 Å². The molecule has 114 valence electrons. The fourth-order valence-electron chi connectivity index (χ4n) is 2.75. The summed E-state index contributed by atoms with van der Waals surface area (Å²) in [5.41, 5.74) is 0. The summed E-state index contributed by atoms with van der Waals surface area (Å²) in [4.78, 5) is 0. The van der Waals surface area contributed by atoms with Gasteiger partial charge in [0, 0.05) is 6.04 Å². The molecule has 0 aromatic heterocycles. The molecule has 1 aliphatic carbocycles. The van der Waals surface area contributed by atoms with Crippen LogP contribution >= 0.6 is 0 Å². The summed E-state index contributed by atoms with van der Waals surface area (Å²) in [5.74, 6) is 0.954. The third-order valence-corrected chi connectivity index (χ3v) is 4.08. The van der Waals surface area contributed by atoms with Gasteiger partial charge in [-0.1, -0.05) is 20.8 Å². The van der Waals surface area contributed by atoms with Crippen LogP contribution in [0.5, 0.6) is 0 Å². The molecule has 19 heavy (non-hydrogen) atoms. The fraction of sp³-hybridized carbons (Fsp3) is 1.00. The number of likely N-dealkylation sites (N-methyl/N-ethyl adjacent to an activating group) is 1. The quantitative estimate of drug-likeness (QED) is 0.828. The number of hydrogen-bond acceptors (Lipinski definition) is 2. The van der Waals surface area contributed by atoms with E-state index in [2.05, 4.69) is 19.2 Å². The van der Waals surface area contributed by atoms with Gasteiger partial charge in [0.05, 0.1) is 6.10 Å². The molecule has 2 nitrogen and oxygen atoms in total. The molecule has 0 heterocycles. The Morgan fingerprint density at radius 3 is 2.32 bits per heavy atom. The Balaban J connectivity index is 2.66. The third-order valence-electron chi connectivity index (χ3n) is 4.08. The summed E-state index contributed by atoms with van der Waals surface area (Å²) in [5, 5.41) is 3.26. The highest BCUT2D eigenvalue weighted by Crippen LogP contribution is 2.34. The maximum absolute atomic E-state index is 12.6. The van der Waals surface area contributed by atoms with E-state index in [0.717, 1.165) is 32.7 Å². The van der Waals surface area contributed by atoms with Gasteiger partial charge in [-0.15, -0.1) is 0 Å². The second kappa shape index (κ2) is 6.93. The van der Waals surface area contributed by atoms with E-state index in [1.165, 1.54) is 0 Å². The Morgan fingerprint density at radius 2 is 1.84 bits per heavy atom. The lowest BCUT2D eigenvalue weighted by molar-refractivity contribution is -0.233. The van der Waals surface area contributed by atoms with E-state index in [4.69, 9.17) is 4.74 Å². The van der Waals surface area contributed by atoms with Gasteiger partial charge in [-0.3, -0.25) is 0 Å². The lowest BCUT2D eigenvalue weighted by Gasteiger charge is -2.39. The van der Waals surface area contributed by atoms with E-state index < -0.39 is 12.3 Å². The highest BCUT2D eigenvalue weighted by atomic mass is 19.4. The number of hydrogen-bond donors (Lipinski definition) is 1. The van der Waals surface area contributed by atoms with Gasteiger partial charge in [0.1, 0.15) is 0 Å². The van der Waals surface area contributed by atoms with Crippen LogP contribution in [0.25, 0.3) is 0 Å². The molecule has 0 bridgehead atoms. The molecule has 0 amide bonds. The molecule has 0 saturated heterocycles. The van der Waals surface area contributed by atoms with Crippen LogP contribution in [0.3, 0.4) is 0 Å². The molecule has 0 radical (unpaired) electrons. The van der Waals surface area contributed by atoms with Crippen LogP contribution in [0.15, 0.2) is 0 Å². The first-order chi connectivity index (χ1) is 8.75. The van der Waals surface area contributed by atoms with Crippen molar-refractivity contribution in [3.05, 3.63) is 0 Å². The Bertz CT molecular complexity index is 268. The molecule has 4 unspecified atom stereocenters. The van der Waals surface area contributed by atoms with E-state index >= 15 is 0 Å². The van der Waals surface area contributed by atoms with Crippen molar-refractivity contribution in [3.8, 4) is 0 Å². The van der Waals surface area contributed by atoms with Crippen LogP contribution in [0.1, 0.15) is 47.0 Å². The SMILES string of the molecule is CCNC1CCC(C(C)C)CC1OC(C)C(F)(F)F. The number of rotatable bonds is 5. The molecular formula is C14H26F3NO. The Hall–Kier alpha value is -0.290. The molecule has 4 atom stereocenters. The molecule has 1 saturated carbocycles. The Kier molecular flexibility index (Phi) is 6.12. The first kappa shape index (κ1) is 16.8. The average Bonchev–Trinajstić information content (AvgIpc) is 2.30. The predicted molar refractivity (Wildman–Crippen MR) is 70.0 cm³/mol. The number of ether oxygens (including phenoxy) is 1. The van der Waals surface area contributed by atoms with Crippen molar-refractivity contribution in [3.63, 3.8) is 0 Å². The summed E-state index contributed by atoms with van der Waals surface area (Å²) in [7, 11) is 0. The van der Waals surface area contributed by atoms with E-state index in [-0.39, 0.29) is 12.1 Å². The van der Waals surface area contributed by atoms with Crippen molar-refractivity contribution >= 4 is 0 Å². The third kappa shape index (κ3) is 4.95. The number of nitrogens with one attached hydrogen (secondary N) is 1. The molecule has 0 aromatic carbocycles. The van der Waals surface area contributed by atoms with E-state index in [1.807, 2.05) is 6.92 Å². The molecule has 5 heteroatoms. The van der Waals surface area contributed by atoms with Crippen LogP contribution in [0.2, 0.25) is 0 Å². The molecule has 1 fully saturated rings. The van der Waals surface area contributed by atoms with Gasteiger partial charge in [-0.05, 0) is 44.6 Å². The Labute approximate surface area is 114 Å². The second-order valence-corrected chi connectivity index (χ2v) is 5.84. The maximum atomic E-state index is 12.6. The van der Waals surface area contributed by atoms with Crippen LogP contribution in [0.4, 0.5) is 13.2 Å². The summed E-state index contributed by atoms with van der Waals surface area (Å²) in [6.07, 6.45) is -3.62. The minimum atomic E-state index is -4.28. The Morgan fingerprint density at radius 1 is 1.21 bits per heavy atom. The topological polar surface area (TPSA) is 21.3 Å². The first-order valence-corrected chi connectivity index (χ1v) is 7.21. The monoisotopic (exact) mass is 281 g/mol. The smallest absolute Gasteiger partial charge is 0.364 e. The van der Waals surface area contributed by atoms with Crippen molar-refractivity contribution in [1.82, 2.24) is 5.32 Å². The van der Waals surface area contributed by atoms with Crippen molar-refractivity contribution < 1.29 is 17.9 Å². The zero-order valence-corrected chi connectivity index (χ0v) is 12.3. The minimum absolute atomic E-state index is 0.0461. The molecule has 1 rings (SSSR count). The van der Waals surface area contributed by atoms with Crippen LogP contribution < -0.4 is 5.32 Å².